The first kappa shape index (κ1) is 16.6. The number of amides is 1. The van der Waals surface area contributed by atoms with E-state index < -0.39 is 11.7 Å². The van der Waals surface area contributed by atoms with E-state index >= 15 is 0 Å². The van der Waals surface area contributed by atoms with Crippen LogP contribution in [-0.4, -0.2) is 11.7 Å². The lowest BCUT2D eigenvalue weighted by Crippen LogP contribution is -2.21. The van der Waals surface area contributed by atoms with Crippen LogP contribution < -0.4 is 4.74 Å². The van der Waals surface area contributed by atoms with Crippen LogP contribution in [0.3, 0.4) is 0 Å². The van der Waals surface area contributed by atoms with Gasteiger partial charge in [-0.2, -0.15) is 0 Å². The Morgan fingerprint density at radius 3 is 2.00 bits per heavy atom. The zero-order valence-corrected chi connectivity index (χ0v) is 13.1. The number of azo groups is 1. The lowest BCUT2D eigenvalue weighted by molar-refractivity contribution is 0.0592. The van der Waals surface area contributed by atoms with Gasteiger partial charge < -0.3 is 9.47 Å². The van der Waals surface area contributed by atoms with Crippen molar-refractivity contribution in [2.75, 3.05) is 0 Å². The molecule has 2 aromatic carbocycles. The molecule has 0 aliphatic rings. The van der Waals surface area contributed by atoms with E-state index in [1.807, 2.05) is 0 Å². The molecule has 0 saturated carbocycles. The third kappa shape index (κ3) is 5.86. The number of ether oxygens (including phenoxy) is 2. The van der Waals surface area contributed by atoms with Crippen LogP contribution in [0, 0.1) is 5.82 Å². The molecule has 0 aliphatic carbocycles. The molecule has 23 heavy (non-hydrogen) atoms. The zero-order chi connectivity index (χ0) is 16.9. The summed E-state index contributed by atoms with van der Waals surface area (Å²) in [5.41, 5.74) is -0.120. The van der Waals surface area contributed by atoms with E-state index in [1.165, 1.54) is 24.3 Å². The first-order valence-electron chi connectivity index (χ1n) is 7.00. The lowest BCUT2D eigenvalue weighted by atomic mass is 10.2. The van der Waals surface area contributed by atoms with Crippen LogP contribution in [0.5, 0.6) is 11.5 Å². The Hall–Kier alpha value is -2.76. The van der Waals surface area contributed by atoms with Crippen molar-refractivity contribution in [3.05, 3.63) is 54.3 Å². The van der Waals surface area contributed by atoms with E-state index in [0.29, 0.717) is 17.2 Å². The summed E-state index contributed by atoms with van der Waals surface area (Å²) in [5, 5.41) is 7.28. The summed E-state index contributed by atoms with van der Waals surface area (Å²) in [6, 6.07) is 12.3. The number of rotatable bonds is 3. The molecule has 1 amide bonds. The Morgan fingerprint density at radius 2 is 1.48 bits per heavy atom. The molecule has 2 rings (SSSR count). The van der Waals surface area contributed by atoms with Crippen molar-refractivity contribution in [1.82, 2.24) is 0 Å². The molecule has 5 nitrogen and oxygen atoms in total. The fraction of sp³-hybridized carbons (Fsp3) is 0.235. The summed E-state index contributed by atoms with van der Waals surface area (Å²) in [4.78, 5) is 11.4. The highest BCUT2D eigenvalue weighted by atomic mass is 19.1. The maximum atomic E-state index is 12.8. The van der Waals surface area contributed by atoms with Gasteiger partial charge in [-0.05, 0) is 69.3 Å². The molecule has 0 saturated heterocycles. The van der Waals surface area contributed by atoms with Crippen molar-refractivity contribution in [3.63, 3.8) is 0 Å². The highest BCUT2D eigenvalue weighted by Crippen LogP contribution is 2.24. The van der Waals surface area contributed by atoms with Gasteiger partial charge in [-0.3, -0.25) is 0 Å². The van der Waals surface area contributed by atoms with E-state index in [-0.39, 0.29) is 5.82 Å². The van der Waals surface area contributed by atoms with Crippen LogP contribution in [0.25, 0.3) is 0 Å². The van der Waals surface area contributed by atoms with Gasteiger partial charge in [0.15, 0.2) is 0 Å². The van der Waals surface area contributed by atoms with Crippen molar-refractivity contribution in [2.45, 2.75) is 26.4 Å². The van der Waals surface area contributed by atoms with Crippen molar-refractivity contribution in [1.29, 1.82) is 0 Å². The van der Waals surface area contributed by atoms with Crippen LogP contribution in [0.4, 0.5) is 14.9 Å². The molecule has 6 heteroatoms. The molecule has 2 aromatic rings. The normalized spacial score (nSPS) is 11.5. The molecule has 0 aliphatic heterocycles. The molecule has 0 radical (unpaired) electrons. The highest BCUT2D eigenvalue weighted by molar-refractivity contribution is 5.68. The van der Waals surface area contributed by atoms with Crippen LogP contribution in [0.1, 0.15) is 20.8 Å². The van der Waals surface area contributed by atoms with Crippen LogP contribution in [0.15, 0.2) is 58.8 Å². The van der Waals surface area contributed by atoms with Gasteiger partial charge in [0.25, 0.3) is 0 Å². The van der Waals surface area contributed by atoms with Gasteiger partial charge in [-0.1, -0.05) is 5.11 Å². The monoisotopic (exact) mass is 316 g/mol. The van der Waals surface area contributed by atoms with Gasteiger partial charge in [0, 0.05) is 0 Å². The molecule has 120 valence electrons. The first-order chi connectivity index (χ1) is 10.8. The third-order valence-electron chi connectivity index (χ3n) is 2.53. The van der Waals surface area contributed by atoms with Crippen molar-refractivity contribution in [2.24, 2.45) is 10.2 Å². The Labute approximate surface area is 133 Å². The predicted octanol–water partition coefficient (Wildman–Crippen LogP) is 5.64. The Kier molecular flexibility index (Phi) is 5.05. The molecule has 0 unspecified atom stereocenters. The van der Waals surface area contributed by atoms with E-state index in [0.717, 1.165) is 0 Å². The Balaban J connectivity index is 1.96. The minimum atomic E-state index is -0.746. The number of carbonyl (C=O) groups excluding carboxylic acids is 1. The van der Waals surface area contributed by atoms with Crippen LogP contribution >= 0.6 is 0 Å². The fourth-order valence-corrected chi connectivity index (χ4v) is 1.60. The molecule has 0 bridgehead atoms. The van der Waals surface area contributed by atoms with E-state index in [4.69, 9.17) is 9.47 Å². The lowest BCUT2D eigenvalue weighted by Gasteiger charge is -2.16. The van der Waals surface area contributed by atoms with E-state index in [9.17, 15) is 9.18 Å². The summed E-state index contributed by atoms with van der Waals surface area (Å²) >= 11 is 0. The number of halogens is 1. The molecule has 0 atom stereocenters. The molecule has 0 spiro atoms. The number of carbonyl (C=O) groups is 1. The van der Waals surface area contributed by atoms with Crippen molar-refractivity contribution >= 4 is 11.8 Å². The summed E-state index contributed by atoms with van der Waals surface area (Å²) in [7, 11) is 0. The van der Waals surface area contributed by atoms with Crippen molar-refractivity contribution in [3.8, 4) is 11.5 Å². The Morgan fingerprint density at radius 1 is 0.957 bits per heavy atom. The summed E-state index contributed by atoms with van der Waals surface area (Å²) < 4.78 is 23.4. The summed E-state index contributed by atoms with van der Waals surface area (Å²) in [5.74, 6) is 0.762. The second-order valence-corrected chi connectivity index (χ2v) is 5.73. The predicted molar refractivity (Wildman–Crippen MR) is 83.7 cm³/mol. The molecule has 0 aromatic heterocycles. The maximum Gasteiger partial charge on any atom is 0.452 e. The average Bonchev–Trinajstić information content (AvgIpc) is 2.47. The smallest absolute Gasteiger partial charge is 0.452 e. The molecule has 0 N–H and O–H groups in total. The Bertz CT molecular complexity index is 689. The molecule has 0 heterocycles. The number of benzene rings is 2. The van der Waals surface area contributed by atoms with Gasteiger partial charge in [-0.15, -0.1) is 5.11 Å². The summed E-state index contributed by atoms with van der Waals surface area (Å²) in [6.07, 6.45) is -0.746. The number of hydrogen-bond acceptors (Lipinski definition) is 4. The summed E-state index contributed by atoms with van der Waals surface area (Å²) in [6.45, 7) is 5.26. The van der Waals surface area contributed by atoms with Gasteiger partial charge in [0.05, 0.1) is 5.69 Å². The second-order valence-electron chi connectivity index (χ2n) is 5.73. The van der Waals surface area contributed by atoms with E-state index in [1.54, 1.807) is 45.0 Å². The topological polar surface area (TPSA) is 60.2 Å². The quantitative estimate of drug-likeness (QED) is 0.689. The van der Waals surface area contributed by atoms with Gasteiger partial charge in [-0.25, -0.2) is 9.18 Å². The van der Waals surface area contributed by atoms with Crippen molar-refractivity contribution < 1.29 is 18.7 Å². The minimum Gasteiger partial charge on any atom is -0.457 e. The average molecular weight is 316 g/mol. The van der Waals surface area contributed by atoms with Gasteiger partial charge in [0.1, 0.15) is 22.9 Å². The first-order valence-corrected chi connectivity index (χ1v) is 7.00. The standard InChI is InChI=1S/C17H17FN2O3/c1-17(2,3)23-16(21)20-19-13-6-10-15(11-7-13)22-14-8-4-12(18)5-9-14/h4-11H,1-3H3. The maximum absolute atomic E-state index is 12.8. The molecular formula is C17H17FN2O3. The second kappa shape index (κ2) is 7.00. The fourth-order valence-electron chi connectivity index (χ4n) is 1.60. The molecular weight excluding hydrogens is 299 g/mol. The highest BCUT2D eigenvalue weighted by Gasteiger charge is 2.15. The van der Waals surface area contributed by atoms with Gasteiger partial charge >= 0.3 is 6.09 Å². The number of hydrogen-bond donors (Lipinski definition) is 0. The largest absolute Gasteiger partial charge is 0.457 e. The SMILES string of the molecule is CC(C)(C)OC(=O)N=Nc1ccc(Oc2ccc(F)cc2)cc1. The zero-order valence-electron chi connectivity index (χ0n) is 13.1. The minimum absolute atomic E-state index is 0.324. The van der Waals surface area contributed by atoms with Crippen LogP contribution in [-0.2, 0) is 4.74 Å². The molecule has 0 fully saturated rings. The number of nitrogens with zero attached hydrogens (tertiary/aromatic N) is 2. The van der Waals surface area contributed by atoms with E-state index in [2.05, 4.69) is 10.2 Å². The third-order valence-corrected chi connectivity index (χ3v) is 2.53. The van der Waals surface area contributed by atoms with Gasteiger partial charge in [0.2, 0.25) is 0 Å². The van der Waals surface area contributed by atoms with Crippen LogP contribution in [0.2, 0.25) is 0 Å².